The quantitative estimate of drug-likeness (QED) is 0.285. The van der Waals surface area contributed by atoms with E-state index in [4.69, 9.17) is 5.84 Å². The Hall–Kier alpha value is -1.55. The van der Waals surface area contributed by atoms with E-state index in [0.717, 1.165) is 25.3 Å². The van der Waals surface area contributed by atoms with Crippen molar-refractivity contribution < 1.29 is 0 Å². The second-order valence-electron chi connectivity index (χ2n) is 3.58. The smallest absolute Gasteiger partial charge is 0.212 e. The summed E-state index contributed by atoms with van der Waals surface area (Å²) in [6, 6.07) is 8.38. The van der Waals surface area contributed by atoms with Gasteiger partial charge >= 0.3 is 0 Å². The molecule has 1 aliphatic rings. The predicted octanol–water partition coefficient (Wildman–Crippen LogP) is 0.888. The maximum Gasteiger partial charge on any atom is 0.212 e. The van der Waals surface area contributed by atoms with Gasteiger partial charge in [0.1, 0.15) is 0 Å². The Kier molecular flexibility index (Phi) is 2.87. The second-order valence-corrected chi connectivity index (χ2v) is 3.58. The van der Waals surface area contributed by atoms with Crippen molar-refractivity contribution in [3.63, 3.8) is 0 Å². The van der Waals surface area contributed by atoms with E-state index in [1.54, 1.807) is 7.05 Å². The van der Waals surface area contributed by atoms with Gasteiger partial charge in [0.15, 0.2) is 0 Å². The Labute approximate surface area is 89.8 Å². The lowest BCUT2D eigenvalue weighted by atomic mass is 10.0. The summed E-state index contributed by atoms with van der Waals surface area (Å²) in [7, 11) is 1.74. The van der Waals surface area contributed by atoms with Crippen LogP contribution in [0.1, 0.15) is 12.0 Å². The SMILES string of the molecule is CN=C(NN)N1CCCc2ccccc21. The van der Waals surface area contributed by atoms with Crippen molar-refractivity contribution in [3.05, 3.63) is 29.8 Å². The Bertz CT molecular complexity index is 373. The molecule has 4 nitrogen and oxygen atoms in total. The molecule has 1 aromatic rings. The third-order valence-electron chi connectivity index (χ3n) is 2.71. The predicted molar refractivity (Wildman–Crippen MR) is 62.8 cm³/mol. The number of anilines is 1. The zero-order chi connectivity index (χ0) is 10.7. The normalized spacial score (nSPS) is 16.1. The molecule has 0 radical (unpaired) electrons. The standard InChI is InChI=1S/C11H16N4/c1-13-11(14-12)15-8-4-6-9-5-2-3-7-10(9)15/h2-3,5,7H,4,6,8,12H2,1H3,(H,13,14). The van der Waals surface area contributed by atoms with Gasteiger partial charge in [-0.15, -0.1) is 0 Å². The van der Waals surface area contributed by atoms with Crippen LogP contribution in [0.15, 0.2) is 29.3 Å². The summed E-state index contributed by atoms with van der Waals surface area (Å²) in [4.78, 5) is 6.26. The summed E-state index contributed by atoms with van der Waals surface area (Å²) in [5.74, 6) is 6.17. The number of hydrogen-bond donors (Lipinski definition) is 2. The first-order chi connectivity index (χ1) is 7.36. The minimum Gasteiger partial charge on any atom is -0.311 e. The lowest BCUT2D eigenvalue weighted by Gasteiger charge is -2.31. The fourth-order valence-electron chi connectivity index (χ4n) is 2.02. The number of hydrogen-bond acceptors (Lipinski definition) is 2. The first-order valence-electron chi connectivity index (χ1n) is 5.15. The van der Waals surface area contributed by atoms with Crippen LogP contribution in [-0.2, 0) is 6.42 Å². The van der Waals surface area contributed by atoms with Gasteiger partial charge in [0.05, 0.1) is 0 Å². The van der Waals surface area contributed by atoms with E-state index in [9.17, 15) is 0 Å². The largest absolute Gasteiger partial charge is 0.311 e. The molecular formula is C11H16N4. The fourth-order valence-corrected chi connectivity index (χ4v) is 2.02. The van der Waals surface area contributed by atoms with Gasteiger partial charge in [-0.25, -0.2) is 5.84 Å². The summed E-state index contributed by atoms with van der Waals surface area (Å²) in [6.45, 7) is 0.966. The van der Waals surface area contributed by atoms with Crippen LogP contribution in [0.5, 0.6) is 0 Å². The molecule has 0 atom stereocenters. The molecule has 15 heavy (non-hydrogen) atoms. The van der Waals surface area contributed by atoms with E-state index in [1.165, 1.54) is 11.3 Å². The van der Waals surface area contributed by atoms with Gasteiger partial charge < -0.3 is 4.90 Å². The van der Waals surface area contributed by atoms with Crippen molar-refractivity contribution in [2.45, 2.75) is 12.8 Å². The molecule has 0 aliphatic carbocycles. The van der Waals surface area contributed by atoms with Gasteiger partial charge in [0, 0.05) is 19.3 Å². The zero-order valence-electron chi connectivity index (χ0n) is 8.90. The highest BCUT2D eigenvalue weighted by molar-refractivity contribution is 5.96. The summed E-state index contributed by atoms with van der Waals surface area (Å²) < 4.78 is 0. The van der Waals surface area contributed by atoms with E-state index < -0.39 is 0 Å². The van der Waals surface area contributed by atoms with Crippen LogP contribution in [0.25, 0.3) is 0 Å². The van der Waals surface area contributed by atoms with Crippen molar-refractivity contribution in [2.24, 2.45) is 10.8 Å². The number of nitrogens with one attached hydrogen (secondary N) is 1. The van der Waals surface area contributed by atoms with E-state index >= 15 is 0 Å². The lowest BCUT2D eigenvalue weighted by Crippen LogP contribution is -2.47. The minimum atomic E-state index is 0.724. The van der Waals surface area contributed by atoms with Gasteiger partial charge in [-0.1, -0.05) is 18.2 Å². The highest BCUT2D eigenvalue weighted by Crippen LogP contribution is 2.26. The molecule has 4 heteroatoms. The molecule has 1 aromatic carbocycles. The topological polar surface area (TPSA) is 53.6 Å². The molecule has 2 rings (SSSR count). The average Bonchev–Trinajstić information content (AvgIpc) is 2.31. The summed E-state index contributed by atoms with van der Waals surface area (Å²) in [6.07, 6.45) is 2.27. The second kappa shape index (κ2) is 4.31. The number of guanidine groups is 1. The monoisotopic (exact) mass is 204 g/mol. The van der Waals surface area contributed by atoms with Crippen molar-refractivity contribution in [1.29, 1.82) is 0 Å². The fraction of sp³-hybridized carbons (Fsp3) is 0.364. The van der Waals surface area contributed by atoms with Gasteiger partial charge in [0.25, 0.3) is 0 Å². The molecule has 0 aromatic heterocycles. The molecule has 1 aliphatic heterocycles. The number of nitrogens with zero attached hydrogens (tertiary/aromatic N) is 2. The van der Waals surface area contributed by atoms with Crippen LogP contribution in [0.4, 0.5) is 5.69 Å². The lowest BCUT2D eigenvalue weighted by molar-refractivity contribution is 0.761. The van der Waals surface area contributed by atoms with Crippen LogP contribution in [0.3, 0.4) is 0 Å². The van der Waals surface area contributed by atoms with Gasteiger partial charge in [-0.2, -0.15) is 0 Å². The molecule has 1 heterocycles. The molecule has 0 fully saturated rings. The van der Waals surface area contributed by atoms with Crippen LogP contribution in [0.2, 0.25) is 0 Å². The first-order valence-corrected chi connectivity index (χ1v) is 5.15. The number of fused-ring (bicyclic) bond motifs is 1. The van der Waals surface area contributed by atoms with Crippen LogP contribution < -0.4 is 16.2 Å². The summed E-state index contributed by atoms with van der Waals surface area (Å²) in [5.41, 5.74) is 5.21. The Morgan fingerprint density at radius 1 is 1.47 bits per heavy atom. The molecule has 0 spiro atoms. The van der Waals surface area contributed by atoms with Crippen molar-refractivity contribution in [2.75, 3.05) is 18.5 Å². The maximum absolute atomic E-state index is 5.45. The molecule has 3 N–H and O–H groups in total. The number of aryl methyl sites for hydroxylation is 1. The van der Waals surface area contributed by atoms with Crippen molar-refractivity contribution in [3.8, 4) is 0 Å². The van der Waals surface area contributed by atoms with Gasteiger partial charge in [0.2, 0.25) is 5.96 Å². The Balaban J connectivity index is 2.37. The summed E-state index contributed by atoms with van der Waals surface area (Å²) >= 11 is 0. The van der Waals surface area contributed by atoms with E-state index in [1.807, 2.05) is 6.07 Å². The highest BCUT2D eigenvalue weighted by Gasteiger charge is 2.19. The average molecular weight is 204 g/mol. The van der Waals surface area contributed by atoms with Crippen LogP contribution in [0, 0.1) is 0 Å². The number of rotatable bonds is 0. The number of aliphatic imine (C=N–C) groups is 1. The van der Waals surface area contributed by atoms with Crippen LogP contribution >= 0.6 is 0 Å². The van der Waals surface area contributed by atoms with Crippen molar-refractivity contribution in [1.82, 2.24) is 5.43 Å². The zero-order valence-corrected chi connectivity index (χ0v) is 8.90. The van der Waals surface area contributed by atoms with E-state index in [2.05, 4.69) is 33.5 Å². The molecular weight excluding hydrogens is 188 g/mol. The molecule has 0 saturated heterocycles. The molecule has 0 bridgehead atoms. The van der Waals surface area contributed by atoms with E-state index in [0.29, 0.717) is 0 Å². The van der Waals surface area contributed by atoms with Gasteiger partial charge in [-0.05, 0) is 24.5 Å². The Morgan fingerprint density at radius 2 is 2.27 bits per heavy atom. The number of hydrazine groups is 1. The van der Waals surface area contributed by atoms with E-state index in [-0.39, 0.29) is 0 Å². The molecule has 0 amide bonds. The van der Waals surface area contributed by atoms with Crippen molar-refractivity contribution >= 4 is 11.6 Å². The third-order valence-corrected chi connectivity index (χ3v) is 2.71. The number of para-hydroxylation sites is 1. The highest BCUT2D eigenvalue weighted by atomic mass is 15.4. The van der Waals surface area contributed by atoms with Gasteiger partial charge in [-0.3, -0.25) is 10.4 Å². The molecule has 0 saturated carbocycles. The van der Waals surface area contributed by atoms with Crippen LogP contribution in [-0.4, -0.2) is 19.6 Å². The third kappa shape index (κ3) is 1.80. The molecule has 80 valence electrons. The summed E-state index contributed by atoms with van der Waals surface area (Å²) in [5, 5.41) is 0. The first kappa shape index (κ1) is 9.98. The molecule has 0 unspecified atom stereocenters. The minimum absolute atomic E-state index is 0.724. The number of benzene rings is 1. The maximum atomic E-state index is 5.45. The number of nitrogens with two attached hydrogens (primary N) is 1. The Morgan fingerprint density at radius 3 is 3.00 bits per heavy atom.